The van der Waals surface area contributed by atoms with E-state index in [1.807, 2.05) is 0 Å². The van der Waals surface area contributed by atoms with Gasteiger partial charge in [0.1, 0.15) is 0 Å². The molecule has 0 N–H and O–H groups in total. The summed E-state index contributed by atoms with van der Waals surface area (Å²) < 4.78 is 40.9. The zero-order chi connectivity index (χ0) is 13.2. The van der Waals surface area contributed by atoms with Crippen LogP contribution in [0.3, 0.4) is 0 Å². The lowest BCUT2D eigenvalue weighted by molar-refractivity contribution is -0.325. The average molecular weight is 257 g/mol. The maximum atomic E-state index is 11.8. The molecular formula is C12H10F3NO2. The van der Waals surface area contributed by atoms with E-state index in [9.17, 15) is 18.0 Å². The maximum Gasteiger partial charge on any atom is 0.522 e. The van der Waals surface area contributed by atoms with Crippen molar-refractivity contribution in [2.45, 2.75) is 12.9 Å². The first kappa shape index (κ1) is 12.6. The van der Waals surface area contributed by atoms with Gasteiger partial charge in [-0.25, -0.2) is 0 Å². The summed E-state index contributed by atoms with van der Waals surface area (Å²) in [7, 11) is 0. The van der Waals surface area contributed by atoms with E-state index in [4.69, 9.17) is 0 Å². The number of fused-ring (bicyclic) bond motifs is 1. The Kier molecular flexibility index (Phi) is 3.38. The Morgan fingerprint density at radius 3 is 2.72 bits per heavy atom. The summed E-state index contributed by atoms with van der Waals surface area (Å²) in [5.74, 6) is 0. The minimum Gasteiger partial charge on any atom is -0.345 e. The van der Waals surface area contributed by atoms with Crippen molar-refractivity contribution in [3.63, 3.8) is 0 Å². The molecule has 0 spiro atoms. The third-order valence-corrected chi connectivity index (χ3v) is 2.57. The first-order valence-electron chi connectivity index (χ1n) is 5.25. The summed E-state index contributed by atoms with van der Waals surface area (Å²) in [6.07, 6.45) is -2.26. The molecule has 0 aliphatic rings. The van der Waals surface area contributed by atoms with Gasteiger partial charge in [0, 0.05) is 29.2 Å². The molecule has 0 saturated heterocycles. The molecule has 96 valence electrons. The highest BCUT2D eigenvalue weighted by molar-refractivity contribution is 5.97. The summed E-state index contributed by atoms with van der Waals surface area (Å²) in [6, 6.07) is 6.79. The van der Waals surface area contributed by atoms with Gasteiger partial charge in [-0.3, -0.25) is 9.53 Å². The van der Waals surface area contributed by atoms with Crippen molar-refractivity contribution in [2.75, 3.05) is 6.61 Å². The van der Waals surface area contributed by atoms with Crippen molar-refractivity contribution in [3.05, 3.63) is 36.0 Å². The van der Waals surface area contributed by atoms with E-state index in [0.29, 0.717) is 11.1 Å². The molecule has 0 aliphatic carbocycles. The Labute approximate surface area is 101 Å². The van der Waals surface area contributed by atoms with Crippen LogP contribution in [0.25, 0.3) is 10.9 Å². The molecule has 0 unspecified atom stereocenters. The molecular weight excluding hydrogens is 247 g/mol. The second-order valence-corrected chi connectivity index (χ2v) is 3.70. The Morgan fingerprint density at radius 2 is 2.06 bits per heavy atom. The number of alkyl halides is 3. The van der Waals surface area contributed by atoms with Crippen molar-refractivity contribution in [2.24, 2.45) is 0 Å². The van der Waals surface area contributed by atoms with Crippen LogP contribution in [0.1, 0.15) is 10.4 Å². The lowest BCUT2D eigenvalue weighted by atomic mass is 10.1. The number of hydrogen-bond acceptors (Lipinski definition) is 2. The second-order valence-electron chi connectivity index (χ2n) is 3.70. The second kappa shape index (κ2) is 4.81. The van der Waals surface area contributed by atoms with Gasteiger partial charge in [0.15, 0.2) is 6.29 Å². The number of aldehydes is 1. The standard InChI is InChI=1S/C12H10F3NO2/c13-12(14,15)18-7-6-16-5-4-10-9(8-17)2-1-3-11(10)16/h1-5,8H,6-7H2. The normalized spacial score (nSPS) is 11.9. The van der Waals surface area contributed by atoms with Gasteiger partial charge in [-0.2, -0.15) is 0 Å². The number of carbonyl (C=O) groups is 1. The van der Waals surface area contributed by atoms with E-state index in [1.54, 1.807) is 35.0 Å². The summed E-state index contributed by atoms with van der Waals surface area (Å²) in [6.45, 7) is -0.385. The summed E-state index contributed by atoms with van der Waals surface area (Å²) in [5.41, 5.74) is 1.23. The van der Waals surface area contributed by atoms with Gasteiger partial charge < -0.3 is 4.57 Å². The van der Waals surface area contributed by atoms with Crippen molar-refractivity contribution >= 4 is 17.2 Å². The molecule has 0 atom stereocenters. The lowest BCUT2D eigenvalue weighted by Gasteiger charge is -2.09. The van der Waals surface area contributed by atoms with Gasteiger partial charge >= 0.3 is 6.36 Å². The zero-order valence-electron chi connectivity index (χ0n) is 9.28. The van der Waals surface area contributed by atoms with E-state index >= 15 is 0 Å². The molecule has 1 heterocycles. The molecule has 18 heavy (non-hydrogen) atoms. The first-order valence-corrected chi connectivity index (χ1v) is 5.25. The van der Waals surface area contributed by atoms with Crippen LogP contribution >= 0.6 is 0 Å². The van der Waals surface area contributed by atoms with E-state index in [2.05, 4.69) is 4.74 Å². The number of carbonyl (C=O) groups excluding carboxylic acids is 1. The average Bonchev–Trinajstić information content (AvgIpc) is 2.71. The van der Waals surface area contributed by atoms with Gasteiger partial charge in [-0.1, -0.05) is 12.1 Å². The third-order valence-electron chi connectivity index (χ3n) is 2.57. The zero-order valence-corrected chi connectivity index (χ0v) is 9.28. The smallest absolute Gasteiger partial charge is 0.345 e. The molecule has 2 aromatic rings. The quantitative estimate of drug-likeness (QED) is 0.788. The first-order chi connectivity index (χ1) is 8.51. The van der Waals surface area contributed by atoms with Crippen LogP contribution < -0.4 is 0 Å². The molecule has 1 aromatic heterocycles. The molecule has 0 amide bonds. The van der Waals surface area contributed by atoms with Crippen molar-refractivity contribution in [3.8, 4) is 0 Å². The fraction of sp³-hybridized carbons (Fsp3) is 0.250. The molecule has 6 heteroatoms. The van der Waals surface area contributed by atoms with Crippen molar-refractivity contribution in [1.29, 1.82) is 0 Å². The largest absolute Gasteiger partial charge is 0.522 e. The number of ether oxygens (including phenoxy) is 1. The summed E-state index contributed by atoms with van der Waals surface area (Å²) >= 11 is 0. The van der Waals surface area contributed by atoms with Crippen molar-refractivity contribution in [1.82, 2.24) is 4.57 Å². The van der Waals surface area contributed by atoms with Crippen molar-refractivity contribution < 1.29 is 22.7 Å². The Hall–Kier alpha value is -1.82. The van der Waals surface area contributed by atoms with Crippen LogP contribution in [0.5, 0.6) is 0 Å². The molecule has 0 saturated carbocycles. The Balaban J connectivity index is 2.17. The van der Waals surface area contributed by atoms with E-state index < -0.39 is 13.0 Å². The predicted octanol–water partition coefficient (Wildman–Crippen LogP) is 2.99. The van der Waals surface area contributed by atoms with E-state index in [1.165, 1.54) is 0 Å². The van der Waals surface area contributed by atoms with E-state index in [-0.39, 0.29) is 6.54 Å². The van der Waals surface area contributed by atoms with Crippen LogP contribution in [0.4, 0.5) is 13.2 Å². The van der Waals surface area contributed by atoms with Gasteiger partial charge in [-0.15, -0.1) is 13.2 Å². The predicted molar refractivity (Wildman–Crippen MR) is 59.3 cm³/mol. The molecule has 1 aromatic carbocycles. The fourth-order valence-electron chi connectivity index (χ4n) is 1.80. The molecule has 2 rings (SSSR count). The van der Waals surface area contributed by atoms with Crippen LogP contribution in [0.2, 0.25) is 0 Å². The summed E-state index contributed by atoms with van der Waals surface area (Å²) in [5, 5.41) is 0.722. The molecule has 0 bridgehead atoms. The number of rotatable bonds is 4. The van der Waals surface area contributed by atoms with Crippen LogP contribution in [0, 0.1) is 0 Å². The van der Waals surface area contributed by atoms with Crippen LogP contribution in [-0.2, 0) is 11.3 Å². The summed E-state index contributed by atoms with van der Waals surface area (Å²) in [4.78, 5) is 10.8. The molecule has 3 nitrogen and oxygen atoms in total. The number of halogens is 3. The van der Waals surface area contributed by atoms with Gasteiger partial charge in [0.25, 0.3) is 0 Å². The Bertz CT molecular complexity index is 560. The topological polar surface area (TPSA) is 31.2 Å². The van der Waals surface area contributed by atoms with E-state index in [0.717, 1.165) is 11.7 Å². The lowest BCUT2D eigenvalue weighted by Crippen LogP contribution is -2.17. The highest BCUT2D eigenvalue weighted by atomic mass is 19.4. The van der Waals surface area contributed by atoms with Crippen LogP contribution in [0.15, 0.2) is 30.5 Å². The van der Waals surface area contributed by atoms with Gasteiger partial charge in [0.05, 0.1) is 6.61 Å². The minimum absolute atomic E-state index is 0.0747. The minimum atomic E-state index is -4.61. The monoisotopic (exact) mass is 257 g/mol. The number of benzene rings is 1. The SMILES string of the molecule is O=Cc1cccc2c1ccn2CCOC(F)(F)F. The number of aromatic nitrogens is 1. The molecule has 0 radical (unpaired) electrons. The highest BCUT2D eigenvalue weighted by Gasteiger charge is 2.28. The number of hydrogen-bond donors (Lipinski definition) is 0. The third kappa shape index (κ3) is 2.70. The molecule has 0 fully saturated rings. The molecule has 0 aliphatic heterocycles. The van der Waals surface area contributed by atoms with Gasteiger partial charge in [-0.05, 0) is 12.1 Å². The Morgan fingerprint density at radius 1 is 1.28 bits per heavy atom. The highest BCUT2D eigenvalue weighted by Crippen LogP contribution is 2.20. The maximum absolute atomic E-state index is 11.8. The fourth-order valence-corrected chi connectivity index (χ4v) is 1.80. The number of nitrogens with zero attached hydrogens (tertiary/aromatic N) is 1. The van der Waals surface area contributed by atoms with Gasteiger partial charge in [0.2, 0.25) is 0 Å². The van der Waals surface area contributed by atoms with Crippen LogP contribution in [-0.4, -0.2) is 23.8 Å².